The molecule has 0 saturated carbocycles. The minimum atomic E-state index is 0.604. The number of nitrogens with one attached hydrogen (secondary N) is 1. The number of rotatable bonds is 6. The molecule has 0 unspecified atom stereocenters. The van der Waals surface area contributed by atoms with Crippen LogP contribution in [0.2, 0.25) is 0 Å². The Hall–Kier alpha value is -2.10. The summed E-state index contributed by atoms with van der Waals surface area (Å²) in [6.45, 7) is 9.50. The molecule has 1 aromatic carbocycles. The summed E-state index contributed by atoms with van der Waals surface area (Å²) in [5.74, 6) is 3.20. The number of aromatic nitrogens is 2. The number of benzene rings is 1. The molecule has 1 saturated heterocycles. The SMILES string of the molecule is Cc1cc(NCC(C)C)nc(N2CCC(Cc3ccccc3)CC2)n1. The lowest BCUT2D eigenvalue weighted by molar-refractivity contribution is 0.400. The summed E-state index contributed by atoms with van der Waals surface area (Å²) in [5, 5.41) is 3.43. The van der Waals surface area contributed by atoms with Crippen LogP contribution in [0.4, 0.5) is 11.8 Å². The summed E-state index contributed by atoms with van der Waals surface area (Å²) in [4.78, 5) is 11.8. The van der Waals surface area contributed by atoms with Crippen molar-refractivity contribution in [1.82, 2.24) is 9.97 Å². The maximum absolute atomic E-state index is 4.74. The van der Waals surface area contributed by atoms with Crippen molar-refractivity contribution >= 4 is 11.8 Å². The van der Waals surface area contributed by atoms with E-state index in [0.717, 1.165) is 43.0 Å². The predicted molar refractivity (Wildman–Crippen MR) is 105 cm³/mol. The van der Waals surface area contributed by atoms with Crippen molar-refractivity contribution < 1.29 is 0 Å². The molecule has 1 aliphatic rings. The number of piperidine rings is 1. The first kappa shape index (κ1) is 17.7. The molecule has 0 amide bonds. The smallest absolute Gasteiger partial charge is 0.227 e. The molecular weight excluding hydrogens is 308 g/mol. The van der Waals surface area contributed by atoms with E-state index in [-0.39, 0.29) is 0 Å². The zero-order chi connectivity index (χ0) is 17.6. The van der Waals surface area contributed by atoms with Gasteiger partial charge >= 0.3 is 0 Å². The standard InChI is InChI=1S/C21H30N4/c1-16(2)15-22-20-13-17(3)23-21(24-20)25-11-9-19(10-12-25)14-18-7-5-4-6-8-18/h4-8,13,16,19H,9-12,14-15H2,1-3H3,(H,22,23,24). The van der Waals surface area contributed by atoms with E-state index in [4.69, 9.17) is 4.98 Å². The maximum Gasteiger partial charge on any atom is 0.227 e. The van der Waals surface area contributed by atoms with Gasteiger partial charge < -0.3 is 10.2 Å². The van der Waals surface area contributed by atoms with E-state index in [9.17, 15) is 0 Å². The van der Waals surface area contributed by atoms with E-state index >= 15 is 0 Å². The van der Waals surface area contributed by atoms with Gasteiger partial charge in [0, 0.05) is 31.4 Å². The zero-order valence-electron chi connectivity index (χ0n) is 15.7. The highest BCUT2D eigenvalue weighted by Gasteiger charge is 2.21. The summed E-state index contributed by atoms with van der Waals surface area (Å²) in [6, 6.07) is 12.9. The lowest BCUT2D eigenvalue weighted by atomic mass is 9.90. The van der Waals surface area contributed by atoms with E-state index in [2.05, 4.69) is 59.4 Å². The minimum Gasteiger partial charge on any atom is -0.370 e. The lowest BCUT2D eigenvalue weighted by Crippen LogP contribution is -2.35. The fourth-order valence-electron chi connectivity index (χ4n) is 3.38. The van der Waals surface area contributed by atoms with E-state index in [1.807, 2.05) is 13.0 Å². The van der Waals surface area contributed by atoms with Gasteiger partial charge in [0.15, 0.2) is 0 Å². The van der Waals surface area contributed by atoms with Gasteiger partial charge in [0.25, 0.3) is 0 Å². The molecule has 1 N–H and O–H groups in total. The molecule has 1 aliphatic heterocycles. The number of hydrogen-bond acceptors (Lipinski definition) is 4. The second-order valence-corrected chi connectivity index (χ2v) is 7.59. The van der Waals surface area contributed by atoms with Crippen molar-refractivity contribution in [3.8, 4) is 0 Å². The van der Waals surface area contributed by atoms with Gasteiger partial charge in [-0.25, -0.2) is 4.98 Å². The molecule has 0 spiro atoms. The van der Waals surface area contributed by atoms with Gasteiger partial charge in [0.1, 0.15) is 5.82 Å². The Kier molecular flexibility index (Phi) is 5.90. The summed E-state index contributed by atoms with van der Waals surface area (Å²) >= 11 is 0. The van der Waals surface area contributed by atoms with Gasteiger partial charge in [-0.1, -0.05) is 44.2 Å². The van der Waals surface area contributed by atoms with Crippen molar-refractivity contribution in [2.75, 3.05) is 29.9 Å². The Morgan fingerprint density at radius 2 is 1.84 bits per heavy atom. The second-order valence-electron chi connectivity index (χ2n) is 7.59. The van der Waals surface area contributed by atoms with Crippen LogP contribution >= 0.6 is 0 Å². The Morgan fingerprint density at radius 3 is 2.52 bits per heavy atom. The van der Waals surface area contributed by atoms with E-state index < -0.39 is 0 Å². The Labute approximate surface area is 151 Å². The van der Waals surface area contributed by atoms with Crippen molar-refractivity contribution in [2.45, 2.75) is 40.0 Å². The zero-order valence-corrected chi connectivity index (χ0v) is 15.7. The monoisotopic (exact) mass is 338 g/mol. The van der Waals surface area contributed by atoms with Crippen LogP contribution in [0, 0.1) is 18.8 Å². The number of nitrogens with zero attached hydrogens (tertiary/aromatic N) is 3. The van der Waals surface area contributed by atoms with Crippen LogP contribution in [0.1, 0.15) is 37.9 Å². The molecule has 4 heteroatoms. The molecule has 3 rings (SSSR count). The molecule has 4 nitrogen and oxygen atoms in total. The molecule has 0 bridgehead atoms. The van der Waals surface area contributed by atoms with Crippen LogP contribution in [0.15, 0.2) is 36.4 Å². The minimum absolute atomic E-state index is 0.604. The summed E-state index contributed by atoms with van der Waals surface area (Å²) < 4.78 is 0. The van der Waals surface area contributed by atoms with Crippen LogP contribution in [-0.2, 0) is 6.42 Å². The number of hydrogen-bond donors (Lipinski definition) is 1. The average Bonchev–Trinajstić information content (AvgIpc) is 2.61. The van der Waals surface area contributed by atoms with Crippen LogP contribution < -0.4 is 10.2 Å². The number of aryl methyl sites for hydroxylation is 1. The van der Waals surface area contributed by atoms with Crippen LogP contribution in [0.5, 0.6) is 0 Å². The molecule has 1 aromatic heterocycles. The molecule has 2 aromatic rings. The van der Waals surface area contributed by atoms with Crippen LogP contribution in [0.3, 0.4) is 0 Å². The maximum atomic E-state index is 4.74. The molecule has 0 atom stereocenters. The third-order valence-electron chi connectivity index (χ3n) is 4.80. The molecule has 0 radical (unpaired) electrons. The van der Waals surface area contributed by atoms with Gasteiger partial charge in [-0.2, -0.15) is 4.98 Å². The second kappa shape index (κ2) is 8.32. The highest BCUT2D eigenvalue weighted by Crippen LogP contribution is 2.25. The first-order chi connectivity index (χ1) is 12.1. The Balaban J connectivity index is 1.58. The highest BCUT2D eigenvalue weighted by molar-refractivity contribution is 5.44. The van der Waals surface area contributed by atoms with Gasteiger partial charge in [-0.05, 0) is 43.6 Å². The molecule has 134 valence electrons. The fourth-order valence-corrected chi connectivity index (χ4v) is 3.38. The van der Waals surface area contributed by atoms with Gasteiger partial charge in [0.2, 0.25) is 5.95 Å². The molecule has 25 heavy (non-hydrogen) atoms. The predicted octanol–water partition coefficient (Wildman–Crippen LogP) is 4.31. The largest absolute Gasteiger partial charge is 0.370 e. The van der Waals surface area contributed by atoms with Crippen LogP contribution in [-0.4, -0.2) is 29.6 Å². The topological polar surface area (TPSA) is 41.1 Å². The van der Waals surface area contributed by atoms with Gasteiger partial charge in [-0.3, -0.25) is 0 Å². The third-order valence-corrected chi connectivity index (χ3v) is 4.80. The van der Waals surface area contributed by atoms with Crippen molar-refractivity contribution in [2.24, 2.45) is 11.8 Å². The lowest BCUT2D eigenvalue weighted by Gasteiger charge is -2.32. The summed E-state index contributed by atoms with van der Waals surface area (Å²) in [6.07, 6.45) is 3.60. The number of anilines is 2. The Bertz CT molecular complexity index is 661. The van der Waals surface area contributed by atoms with E-state index in [0.29, 0.717) is 5.92 Å². The third kappa shape index (κ3) is 5.18. The summed E-state index contributed by atoms with van der Waals surface area (Å²) in [7, 11) is 0. The quantitative estimate of drug-likeness (QED) is 0.852. The normalized spacial score (nSPS) is 15.6. The molecule has 1 fully saturated rings. The fraction of sp³-hybridized carbons (Fsp3) is 0.524. The van der Waals surface area contributed by atoms with Crippen molar-refractivity contribution in [1.29, 1.82) is 0 Å². The van der Waals surface area contributed by atoms with Crippen LogP contribution in [0.25, 0.3) is 0 Å². The first-order valence-electron chi connectivity index (χ1n) is 9.48. The van der Waals surface area contributed by atoms with Gasteiger partial charge in [0.05, 0.1) is 0 Å². The van der Waals surface area contributed by atoms with Crippen molar-refractivity contribution in [3.05, 3.63) is 47.7 Å². The molecule has 2 heterocycles. The Morgan fingerprint density at radius 1 is 1.12 bits per heavy atom. The van der Waals surface area contributed by atoms with E-state index in [1.165, 1.54) is 24.8 Å². The average molecular weight is 338 g/mol. The van der Waals surface area contributed by atoms with Gasteiger partial charge in [-0.15, -0.1) is 0 Å². The van der Waals surface area contributed by atoms with E-state index in [1.54, 1.807) is 0 Å². The molecule has 0 aliphatic carbocycles. The highest BCUT2D eigenvalue weighted by atomic mass is 15.3. The van der Waals surface area contributed by atoms with Crippen molar-refractivity contribution in [3.63, 3.8) is 0 Å². The molecular formula is C21H30N4. The summed E-state index contributed by atoms with van der Waals surface area (Å²) in [5.41, 5.74) is 2.48. The first-order valence-corrected chi connectivity index (χ1v) is 9.48.